The van der Waals surface area contributed by atoms with Crippen molar-refractivity contribution in [2.24, 2.45) is 0 Å². The van der Waals surface area contributed by atoms with E-state index in [1.807, 2.05) is 43.0 Å². The van der Waals surface area contributed by atoms with Crippen LogP contribution in [0.15, 0.2) is 54.9 Å². The van der Waals surface area contributed by atoms with E-state index in [1.54, 1.807) is 18.5 Å². The molecule has 29 heavy (non-hydrogen) atoms. The number of amides is 1. The Balaban J connectivity index is 1.47. The van der Waals surface area contributed by atoms with Gasteiger partial charge in [0.05, 0.1) is 0 Å². The van der Waals surface area contributed by atoms with Gasteiger partial charge in [-0.05, 0) is 49.2 Å². The molecular formula is C23H23FN4O. The Morgan fingerprint density at radius 3 is 2.38 bits per heavy atom. The molecule has 1 aliphatic heterocycles. The summed E-state index contributed by atoms with van der Waals surface area (Å²) in [7, 11) is 0. The Labute approximate surface area is 169 Å². The van der Waals surface area contributed by atoms with Crippen molar-refractivity contribution in [2.45, 2.75) is 13.8 Å². The van der Waals surface area contributed by atoms with Crippen LogP contribution in [0.3, 0.4) is 0 Å². The predicted octanol–water partition coefficient (Wildman–Crippen LogP) is 3.86. The van der Waals surface area contributed by atoms with Gasteiger partial charge >= 0.3 is 0 Å². The maximum Gasteiger partial charge on any atom is 0.253 e. The van der Waals surface area contributed by atoms with E-state index < -0.39 is 0 Å². The van der Waals surface area contributed by atoms with Gasteiger partial charge in [-0.2, -0.15) is 0 Å². The molecule has 0 aliphatic carbocycles. The molecule has 0 spiro atoms. The normalized spacial score (nSPS) is 14.2. The summed E-state index contributed by atoms with van der Waals surface area (Å²) in [6, 6.07) is 13.8. The van der Waals surface area contributed by atoms with Gasteiger partial charge in [0.2, 0.25) is 0 Å². The molecule has 6 heteroatoms. The van der Waals surface area contributed by atoms with Crippen molar-refractivity contribution >= 4 is 11.7 Å². The second-order valence-electron chi connectivity index (χ2n) is 7.27. The molecule has 2 heterocycles. The number of carbonyl (C=O) groups is 1. The van der Waals surface area contributed by atoms with Crippen LogP contribution in [0.2, 0.25) is 0 Å². The lowest BCUT2D eigenvalue weighted by atomic mass is 10.0. The van der Waals surface area contributed by atoms with Crippen molar-refractivity contribution < 1.29 is 9.18 Å². The van der Waals surface area contributed by atoms with Gasteiger partial charge in [-0.1, -0.05) is 24.3 Å². The van der Waals surface area contributed by atoms with Gasteiger partial charge in [0, 0.05) is 43.0 Å². The highest BCUT2D eigenvalue weighted by molar-refractivity contribution is 5.95. The van der Waals surface area contributed by atoms with Gasteiger partial charge in [-0.3, -0.25) is 4.79 Å². The molecule has 0 bridgehead atoms. The fraction of sp³-hybridized carbons (Fsp3) is 0.261. The molecule has 3 aromatic rings. The van der Waals surface area contributed by atoms with E-state index in [1.165, 1.54) is 12.1 Å². The van der Waals surface area contributed by atoms with E-state index >= 15 is 0 Å². The number of benzene rings is 2. The molecule has 1 aliphatic rings. The standard InChI is InChI=1S/C23H23FN4O/c1-16-17(2)25-15-26-22(16)27-10-12-28(13-11-27)23(29)20-5-3-4-19(14-20)18-6-8-21(24)9-7-18/h3-9,14-15H,10-13H2,1-2H3. The third-order valence-corrected chi connectivity index (χ3v) is 5.46. The molecule has 1 fully saturated rings. The zero-order valence-electron chi connectivity index (χ0n) is 16.6. The van der Waals surface area contributed by atoms with Crippen LogP contribution in [0.5, 0.6) is 0 Å². The van der Waals surface area contributed by atoms with E-state index in [0.29, 0.717) is 18.7 Å². The smallest absolute Gasteiger partial charge is 0.253 e. The number of aromatic nitrogens is 2. The quantitative estimate of drug-likeness (QED) is 0.681. The van der Waals surface area contributed by atoms with Gasteiger partial charge in [0.15, 0.2) is 0 Å². The van der Waals surface area contributed by atoms with E-state index in [4.69, 9.17) is 0 Å². The summed E-state index contributed by atoms with van der Waals surface area (Å²) in [6.45, 7) is 6.77. The summed E-state index contributed by atoms with van der Waals surface area (Å²) in [5, 5.41) is 0. The van der Waals surface area contributed by atoms with Crippen molar-refractivity contribution in [3.63, 3.8) is 0 Å². The topological polar surface area (TPSA) is 49.3 Å². The summed E-state index contributed by atoms with van der Waals surface area (Å²) in [6.07, 6.45) is 1.59. The van der Waals surface area contributed by atoms with Crippen LogP contribution in [0.1, 0.15) is 21.6 Å². The maximum absolute atomic E-state index is 13.2. The molecule has 0 radical (unpaired) electrons. The average molecular weight is 390 g/mol. The van der Waals surface area contributed by atoms with E-state index in [0.717, 1.165) is 41.3 Å². The van der Waals surface area contributed by atoms with Crippen LogP contribution in [0.4, 0.5) is 10.2 Å². The largest absolute Gasteiger partial charge is 0.353 e. The van der Waals surface area contributed by atoms with Crippen LogP contribution in [-0.4, -0.2) is 47.0 Å². The minimum atomic E-state index is -0.270. The lowest BCUT2D eigenvalue weighted by molar-refractivity contribution is 0.0746. The fourth-order valence-corrected chi connectivity index (χ4v) is 3.62. The number of hydrogen-bond donors (Lipinski definition) is 0. The lowest BCUT2D eigenvalue weighted by Crippen LogP contribution is -2.49. The molecule has 0 N–H and O–H groups in total. The molecule has 2 aromatic carbocycles. The van der Waals surface area contributed by atoms with Crippen molar-refractivity contribution in [1.82, 2.24) is 14.9 Å². The lowest BCUT2D eigenvalue weighted by Gasteiger charge is -2.36. The Morgan fingerprint density at radius 2 is 1.66 bits per heavy atom. The third kappa shape index (κ3) is 3.97. The Kier molecular flexibility index (Phi) is 5.25. The van der Waals surface area contributed by atoms with Crippen molar-refractivity contribution in [1.29, 1.82) is 0 Å². The summed E-state index contributed by atoms with van der Waals surface area (Å²) in [5.41, 5.74) is 4.50. The zero-order valence-corrected chi connectivity index (χ0v) is 16.6. The number of rotatable bonds is 3. The molecular weight excluding hydrogens is 367 g/mol. The molecule has 1 aromatic heterocycles. The molecule has 1 amide bonds. The summed E-state index contributed by atoms with van der Waals surface area (Å²) in [5.74, 6) is 0.695. The minimum Gasteiger partial charge on any atom is -0.353 e. The highest BCUT2D eigenvalue weighted by Gasteiger charge is 2.24. The van der Waals surface area contributed by atoms with Crippen LogP contribution in [-0.2, 0) is 0 Å². The SMILES string of the molecule is Cc1ncnc(N2CCN(C(=O)c3cccc(-c4ccc(F)cc4)c3)CC2)c1C. The van der Waals surface area contributed by atoms with Crippen LogP contribution in [0, 0.1) is 19.7 Å². The monoisotopic (exact) mass is 390 g/mol. The van der Waals surface area contributed by atoms with E-state index in [2.05, 4.69) is 14.9 Å². The summed E-state index contributed by atoms with van der Waals surface area (Å²) >= 11 is 0. The van der Waals surface area contributed by atoms with Crippen LogP contribution in [0.25, 0.3) is 11.1 Å². The number of aryl methyl sites for hydroxylation is 1. The Bertz CT molecular complexity index is 1030. The molecule has 5 nitrogen and oxygen atoms in total. The first-order valence-electron chi connectivity index (χ1n) is 9.71. The molecule has 4 rings (SSSR count). The number of nitrogens with zero attached hydrogens (tertiary/aromatic N) is 4. The summed E-state index contributed by atoms with van der Waals surface area (Å²) in [4.78, 5) is 25.8. The molecule has 0 saturated carbocycles. The predicted molar refractivity (Wildman–Crippen MR) is 111 cm³/mol. The Hall–Kier alpha value is -3.28. The third-order valence-electron chi connectivity index (χ3n) is 5.46. The van der Waals surface area contributed by atoms with E-state index in [9.17, 15) is 9.18 Å². The molecule has 148 valence electrons. The second-order valence-corrected chi connectivity index (χ2v) is 7.27. The van der Waals surface area contributed by atoms with Crippen molar-refractivity contribution in [2.75, 3.05) is 31.1 Å². The number of anilines is 1. The van der Waals surface area contributed by atoms with Crippen molar-refractivity contribution in [3.8, 4) is 11.1 Å². The number of piperazine rings is 1. The number of hydrogen-bond acceptors (Lipinski definition) is 4. The summed E-state index contributed by atoms with van der Waals surface area (Å²) < 4.78 is 13.2. The van der Waals surface area contributed by atoms with Gasteiger partial charge in [0.1, 0.15) is 18.0 Å². The first kappa shape index (κ1) is 19.1. The first-order valence-corrected chi connectivity index (χ1v) is 9.71. The highest BCUT2D eigenvalue weighted by Crippen LogP contribution is 2.23. The highest BCUT2D eigenvalue weighted by atomic mass is 19.1. The molecule has 0 unspecified atom stereocenters. The van der Waals surface area contributed by atoms with E-state index in [-0.39, 0.29) is 11.7 Å². The molecule has 1 saturated heterocycles. The molecule has 0 atom stereocenters. The van der Waals surface area contributed by atoms with Gasteiger partial charge < -0.3 is 9.80 Å². The number of halogens is 1. The average Bonchev–Trinajstić information content (AvgIpc) is 2.76. The number of carbonyl (C=O) groups excluding carboxylic acids is 1. The first-order chi connectivity index (χ1) is 14.0. The van der Waals surface area contributed by atoms with Gasteiger partial charge in [-0.25, -0.2) is 14.4 Å². The van der Waals surface area contributed by atoms with Crippen LogP contribution >= 0.6 is 0 Å². The van der Waals surface area contributed by atoms with Crippen LogP contribution < -0.4 is 4.90 Å². The van der Waals surface area contributed by atoms with Gasteiger partial charge in [-0.15, -0.1) is 0 Å². The zero-order chi connectivity index (χ0) is 20.4. The Morgan fingerprint density at radius 1 is 0.931 bits per heavy atom. The van der Waals surface area contributed by atoms with Gasteiger partial charge in [0.25, 0.3) is 5.91 Å². The fourth-order valence-electron chi connectivity index (χ4n) is 3.62. The maximum atomic E-state index is 13.2. The second kappa shape index (κ2) is 7.99. The van der Waals surface area contributed by atoms with Crippen molar-refractivity contribution in [3.05, 3.63) is 77.5 Å². The minimum absolute atomic E-state index is 0.0178.